The van der Waals surface area contributed by atoms with E-state index in [0.717, 1.165) is 11.3 Å². The van der Waals surface area contributed by atoms with Crippen LogP contribution in [0.5, 0.6) is 0 Å². The van der Waals surface area contributed by atoms with Crippen LogP contribution in [0, 0.1) is 0 Å². The second-order valence-electron chi connectivity index (χ2n) is 3.78. The van der Waals surface area contributed by atoms with Gasteiger partial charge in [-0.3, -0.25) is 0 Å². The number of aliphatic hydroxyl groups excluding tert-OH is 1. The van der Waals surface area contributed by atoms with Gasteiger partial charge in [-0.25, -0.2) is 0 Å². The van der Waals surface area contributed by atoms with E-state index < -0.39 is 0 Å². The number of nitrogens with one attached hydrogen (secondary N) is 1. The Morgan fingerprint density at radius 3 is 2.94 bits per heavy atom. The molecule has 0 amide bonds. The van der Waals surface area contributed by atoms with E-state index in [1.54, 1.807) is 11.3 Å². The number of aliphatic hydroxyl groups is 1. The second-order valence-corrected chi connectivity index (χ2v) is 4.56. The standard InChI is InChI=1S/C13H15NOS/c1-10(12-5-6-16-9-12)14-13-4-2-3-11(7-13)8-15/h2-7,9-10,14-15H,8H2,1H3. The highest BCUT2D eigenvalue weighted by Crippen LogP contribution is 2.21. The predicted octanol–water partition coefficient (Wildman–Crippen LogP) is 3.41. The Bertz CT molecular complexity index is 439. The zero-order valence-electron chi connectivity index (χ0n) is 9.18. The Balaban J connectivity index is 2.08. The highest BCUT2D eigenvalue weighted by molar-refractivity contribution is 7.07. The number of anilines is 1. The van der Waals surface area contributed by atoms with Crippen LogP contribution in [0.3, 0.4) is 0 Å². The molecule has 0 radical (unpaired) electrons. The fraction of sp³-hybridized carbons (Fsp3) is 0.231. The van der Waals surface area contributed by atoms with E-state index in [2.05, 4.69) is 29.1 Å². The summed E-state index contributed by atoms with van der Waals surface area (Å²) in [7, 11) is 0. The maximum atomic E-state index is 9.05. The van der Waals surface area contributed by atoms with Gasteiger partial charge in [0.05, 0.1) is 6.61 Å². The van der Waals surface area contributed by atoms with Crippen LogP contribution in [0.25, 0.3) is 0 Å². The molecule has 0 spiro atoms. The topological polar surface area (TPSA) is 32.3 Å². The van der Waals surface area contributed by atoms with Crippen molar-refractivity contribution in [1.82, 2.24) is 0 Å². The van der Waals surface area contributed by atoms with Crippen LogP contribution in [-0.4, -0.2) is 5.11 Å². The van der Waals surface area contributed by atoms with Crippen molar-refractivity contribution in [3.8, 4) is 0 Å². The Kier molecular flexibility index (Phi) is 3.59. The van der Waals surface area contributed by atoms with Gasteiger partial charge in [0.1, 0.15) is 0 Å². The van der Waals surface area contributed by atoms with E-state index in [1.807, 2.05) is 24.3 Å². The first kappa shape index (κ1) is 11.2. The number of rotatable bonds is 4. The molecule has 1 heterocycles. The Morgan fingerprint density at radius 2 is 2.25 bits per heavy atom. The summed E-state index contributed by atoms with van der Waals surface area (Å²) in [6, 6.07) is 10.3. The van der Waals surface area contributed by atoms with Crippen LogP contribution in [0.4, 0.5) is 5.69 Å². The van der Waals surface area contributed by atoms with Crippen molar-refractivity contribution in [2.24, 2.45) is 0 Å². The third-order valence-corrected chi connectivity index (χ3v) is 3.24. The first-order valence-corrected chi connectivity index (χ1v) is 6.22. The largest absolute Gasteiger partial charge is 0.392 e. The van der Waals surface area contributed by atoms with Crippen molar-refractivity contribution >= 4 is 17.0 Å². The van der Waals surface area contributed by atoms with Crippen molar-refractivity contribution in [2.45, 2.75) is 19.6 Å². The maximum Gasteiger partial charge on any atom is 0.0682 e. The highest BCUT2D eigenvalue weighted by Gasteiger charge is 2.05. The van der Waals surface area contributed by atoms with Gasteiger partial charge in [-0.05, 0) is 47.0 Å². The van der Waals surface area contributed by atoms with Crippen molar-refractivity contribution in [3.05, 3.63) is 52.2 Å². The highest BCUT2D eigenvalue weighted by atomic mass is 32.1. The van der Waals surface area contributed by atoms with Gasteiger partial charge in [-0.2, -0.15) is 11.3 Å². The van der Waals surface area contributed by atoms with Crippen LogP contribution < -0.4 is 5.32 Å². The molecule has 0 aliphatic heterocycles. The van der Waals surface area contributed by atoms with Gasteiger partial charge in [-0.15, -0.1) is 0 Å². The minimum atomic E-state index is 0.0857. The number of hydrogen-bond acceptors (Lipinski definition) is 3. The summed E-state index contributed by atoms with van der Waals surface area (Å²) < 4.78 is 0. The summed E-state index contributed by atoms with van der Waals surface area (Å²) in [6.07, 6.45) is 0. The smallest absolute Gasteiger partial charge is 0.0682 e. The van der Waals surface area contributed by atoms with Crippen LogP contribution >= 0.6 is 11.3 Å². The summed E-state index contributed by atoms with van der Waals surface area (Å²) in [5, 5.41) is 16.7. The molecule has 2 aromatic rings. The third-order valence-electron chi connectivity index (χ3n) is 2.54. The summed E-state index contributed by atoms with van der Waals surface area (Å²) in [4.78, 5) is 0. The molecule has 2 N–H and O–H groups in total. The molecular formula is C13H15NOS. The van der Waals surface area contributed by atoms with Gasteiger partial charge in [0.15, 0.2) is 0 Å². The van der Waals surface area contributed by atoms with Gasteiger partial charge in [0.25, 0.3) is 0 Å². The molecule has 16 heavy (non-hydrogen) atoms. The number of thiophene rings is 1. The summed E-state index contributed by atoms with van der Waals surface area (Å²) in [5.41, 5.74) is 3.27. The average molecular weight is 233 g/mol. The molecule has 0 saturated heterocycles. The Labute approximate surface area is 99.6 Å². The van der Waals surface area contributed by atoms with E-state index in [0.29, 0.717) is 6.04 Å². The van der Waals surface area contributed by atoms with Crippen LogP contribution in [0.1, 0.15) is 24.1 Å². The normalized spacial score (nSPS) is 12.4. The monoisotopic (exact) mass is 233 g/mol. The predicted molar refractivity (Wildman–Crippen MR) is 68.7 cm³/mol. The molecule has 0 bridgehead atoms. The van der Waals surface area contributed by atoms with Gasteiger partial charge < -0.3 is 10.4 Å². The quantitative estimate of drug-likeness (QED) is 0.848. The molecule has 1 aromatic heterocycles. The maximum absolute atomic E-state index is 9.05. The fourth-order valence-corrected chi connectivity index (χ4v) is 2.37. The molecule has 84 valence electrons. The summed E-state index contributed by atoms with van der Waals surface area (Å²) >= 11 is 1.71. The zero-order chi connectivity index (χ0) is 11.4. The first-order chi connectivity index (χ1) is 7.79. The lowest BCUT2D eigenvalue weighted by atomic mass is 10.1. The molecule has 2 nitrogen and oxygen atoms in total. The van der Waals surface area contributed by atoms with Gasteiger partial charge in [-0.1, -0.05) is 12.1 Å². The van der Waals surface area contributed by atoms with Crippen molar-refractivity contribution < 1.29 is 5.11 Å². The van der Waals surface area contributed by atoms with Gasteiger partial charge in [0.2, 0.25) is 0 Å². The molecule has 0 saturated carbocycles. The SMILES string of the molecule is CC(Nc1cccc(CO)c1)c1ccsc1. The summed E-state index contributed by atoms with van der Waals surface area (Å²) in [5.74, 6) is 0. The minimum absolute atomic E-state index is 0.0857. The molecule has 1 unspecified atom stereocenters. The lowest BCUT2D eigenvalue weighted by Gasteiger charge is -2.14. The first-order valence-electron chi connectivity index (χ1n) is 5.28. The zero-order valence-corrected chi connectivity index (χ0v) is 10.00. The lowest BCUT2D eigenvalue weighted by molar-refractivity contribution is 0.282. The molecule has 0 aliphatic carbocycles. The van der Waals surface area contributed by atoms with E-state index in [-0.39, 0.29) is 6.61 Å². The van der Waals surface area contributed by atoms with E-state index in [1.165, 1.54) is 5.56 Å². The number of benzene rings is 1. The minimum Gasteiger partial charge on any atom is -0.392 e. The van der Waals surface area contributed by atoms with E-state index in [9.17, 15) is 0 Å². The van der Waals surface area contributed by atoms with Crippen molar-refractivity contribution in [1.29, 1.82) is 0 Å². The number of hydrogen-bond donors (Lipinski definition) is 2. The second kappa shape index (κ2) is 5.14. The Morgan fingerprint density at radius 1 is 1.38 bits per heavy atom. The van der Waals surface area contributed by atoms with Crippen LogP contribution in [0.15, 0.2) is 41.1 Å². The molecule has 3 heteroatoms. The van der Waals surface area contributed by atoms with Gasteiger partial charge >= 0.3 is 0 Å². The molecule has 0 fully saturated rings. The van der Waals surface area contributed by atoms with E-state index in [4.69, 9.17) is 5.11 Å². The molecule has 0 aliphatic rings. The average Bonchev–Trinajstić information content (AvgIpc) is 2.83. The van der Waals surface area contributed by atoms with E-state index >= 15 is 0 Å². The molecule has 1 aromatic carbocycles. The summed E-state index contributed by atoms with van der Waals surface area (Å²) in [6.45, 7) is 2.22. The third kappa shape index (κ3) is 2.62. The fourth-order valence-electron chi connectivity index (χ4n) is 1.61. The Hall–Kier alpha value is -1.32. The van der Waals surface area contributed by atoms with Crippen LogP contribution in [-0.2, 0) is 6.61 Å². The molecule has 2 rings (SSSR count). The molecule has 1 atom stereocenters. The van der Waals surface area contributed by atoms with Crippen molar-refractivity contribution in [2.75, 3.05) is 5.32 Å². The van der Waals surface area contributed by atoms with Crippen LogP contribution in [0.2, 0.25) is 0 Å². The van der Waals surface area contributed by atoms with Crippen molar-refractivity contribution in [3.63, 3.8) is 0 Å². The van der Waals surface area contributed by atoms with Gasteiger partial charge in [0, 0.05) is 11.7 Å². The molecular weight excluding hydrogens is 218 g/mol. The lowest BCUT2D eigenvalue weighted by Crippen LogP contribution is -2.05.